The van der Waals surface area contributed by atoms with E-state index in [9.17, 15) is 4.79 Å². The molecule has 1 aliphatic rings. The second-order valence-corrected chi connectivity index (χ2v) is 5.33. The third-order valence-electron chi connectivity index (χ3n) is 2.55. The number of amides is 1. The predicted octanol–water partition coefficient (Wildman–Crippen LogP) is 3.04. The first-order chi connectivity index (χ1) is 8.21. The van der Waals surface area contributed by atoms with Crippen molar-refractivity contribution in [2.45, 2.75) is 0 Å². The van der Waals surface area contributed by atoms with Crippen LogP contribution in [-0.2, 0) is 4.79 Å². The average molecular weight is 267 g/mol. The standard InChI is InChI=1S/C12H13NO2S2/c1-15-7-4-5-9-8(6-7)10(11(14)13-9)12(16-2)17-3/h4-6H,1-3H3,(H,13,14). The van der Waals surface area contributed by atoms with Crippen LogP contribution < -0.4 is 10.1 Å². The monoisotopic (exact) mass is 267 g/mol. The fourth-order valence-corrected chi connectivity index (χ4v) is 3.24. The highest BCUT2D eigenvalue weighted by Gasteiger charge is 2.27. The van der Waals surface area contributed by atoms with Crippen LogP contribution in [0.3, 0.4) is 0 Å². The zero-order chi connectivity index (χ0) is 12.4. The summed E-state index contributed by atoms with van der Waals surface area (Å²) in [6, 6.07) is 5.62. The molecule has 5 heteroatoms. The minimum absolute atomic E-state index is 0.0352. The smallest absolute Gasteiger partial charge is 0.258 e. The third-order valence-corrected chi connectivity index (χ3v) is 4.70. The SMILES string of the molecule is COc1ccc2c(c1)C(=C(SC)SC)C(=O)N2. The van der Waals surface area contributed by atoms with Crippen molar-refractivity contribution >= 4 is 40.7 Å². The van der Waals surface area contributed by atoms with Crippen molar-refractivity contribution in [2.24, 2.45) is 0 Å². The summed E-state index contributed by atoms with van der Waals surface area (Å²) in [5.41, 5.74) is 2.53. The van der Waals surface area contributed by atoms with E-state index in [0.29, 0.717) is 0 Å². The first-order valence-corrected chi connectivity index (χ1v) is 7.48. The minimum Gasteiger partial charge on any atom is -0.497 e. The zero-order valence-electron chi connectivity index (χ0n) is 9.87. The Balaban J connectivity index is 2.59. The molecule has 90 valence electrons. The Morgan fingerprint density at radius 2 is 2.00 bits per heavy atom. The van der Waals surface area contributed by atoms with Crippen LogP contribution in [0.5, 0.6) is 5.75 Å². The maximum Gasteiger partial charge on any atom is 0.258 e. The summed E-state index contributed by atoms with van der Waals surface area (Å²) in [4.78, 5) is 12.0. The Labute approximate surface area is 109 Å². The second-order valence-electron chi connectivity index (χ2n) is 3.44. The second kappa shape index (κ2) is 5.06. The van der Waals surface area contributed by atoms with E-state index in [1.54, 1.807) is 30.6 Å². The van der Waals surface area contributed by atoms with E-state index in [-0.39, 0.29) is 5.91 Å². The van der Waals surface area contributed by atoms with Gasteiger partial charge < -0.3 is 10.1 Å². The fourth-order valence-electron chi connectivity index (χ4n) is 1.76. The summed E-state index contributed by atoms with van der Waals surface area (Å²) in [5.74, 6) is 0.728. The van der Waals surface area contributed by atoms with Gasteiger partial charge in [-0.15, -0.1) is 23.5 Å². The van der Waals surface area contributed by atoms with Gasteiger partial charge in [0.1, 0.15) is 5.75 Å². The van der Waals surface area contributed by atoms with Gasteiger partial charge in [0, 0.05) is 11.3 Å². The lowest BCUT2D eigenvalue weighted by atomic mass is 10.1. The minimum atomic E-state index is -0.0352. The summed E-state index contributed by atoms with van der Waals surface area (Å²) < 4.78 is 6.22. The normalized spacial score (nSPS) is 13.4. The van der Waals surface area contributed by atoms with E-state index < -0.39 is 0 Å². The summed E-state index contributed by atoms with van der Waals surface area (Å²) in [6.07, 6.45) is 3.95. The molecule has 0 aliphatic carbocycles. The van der Waals surface area contributed by atoms with Crippen molar-refractivity contribution in [3.05, 3.63) is 28.0 Å². The molecule has 0 aromatic heterocycles. The van der Waals surface area contributed by atoms with Gasteiger partial charge in [0.15, 0.2) is 0 Å². The number of methoxy groups -OCH3 is 1. The van der Waals surface area contributed by atoms with Gasteiger partial charge in [-0.1, -0.05) is 0 Å². The third kappa shape index (κ3) is 2.17. The molecule has 1 aliphatic heterocycles. The highest BCUT2D eigenvalue weighted by Crippen LogP contribution is 2.41. The Hall–Kier alpha value is -1.07. The molecule has 1 aromatic rings. The van der Waals surface area contributed by atoms with E-state index in [2.05, 4.69) is 5.32 Å². The molecule has 1 heterocycles. The highest BCUT2D eigenvalue weighted by molar-refractivity contribution is 8.22. The number of ether oxygens (including phenoxy) is 1. The first kappa shape index (κ1) is 12.4. The maximum atomic E-state index is 12.0. The number of fused-ring (bicyclic) bond motifs is 1. The fraction of sp³-hybridized carbons (Fsp3) is 0.250. The Morgan fingerprint density at radius 3 is 2.59 bits per heavy atom. The highest BCUT2D eigenvalue weighted by atomic mass is 32.2. The van der Waals surface area contributed by atoms with Crippen molar-refractivity contribution in [3.8, 4) is 5.75 Å². The predicted molar refractivity (Wildman–Crippen MR) is 75.6 cm³/mol. The summed E-state index contributed by atoms with van der Waals surface area (Å²) >= 11 is 3.18. The number of carbonyl (C=O) groups is 1. The number of benzene rings is 1. The molecule has 0 atom stereocenters. The van der Waals surface area contributed by atoms with Crippen LogP contribution in [0.15, 0.2) is 22.4 Å². The van der Waals surface area contributed by atoms with Crippen LogP contribution in [0.2, 0.25) is 0 Å². The molecule has 0 spiro atoms. The molecule has 17 heavy (non-hydrogen) atoms. The number of thioether (sulfide) groups is 2. The van der Waals surface area contributed by atoms with Crippen molar-refractivity contribution in [1.82, 2.24) is 0 Å². The van der Waals surface area contributed by atoms with Gasteiger partial charge in [0.2, 0.25) is 0 Å². The molecule has 0 bridgehead atoms. The van der Waals surface area contributed by atoms with Crippen molar-refractivity contribution in [1.29, 1.82) is 0 Å². The first-order valence-electron chi connectivity index (χ1n) is 5.03. The van der Waals surface area contributed by atoms with Gasteiger partial charge in [-0.25, -0.2) is 0 Å². The van der Waals surface area contributed by atoms with Gasteiger partial charge in [0.05, 0.1) is 16.9 Å². The molecule has 0 saturated carbocycles. The van der Waals surface area contributed by atoms with Gasteiger partial charge >= 0.3 is 0 Å². The Morgan fingerprint density at radius 1 is 1.29 bits per heavy atom. The number of hydrogen-bond donors (Lipinski definition) is 1. The molecular weight excluding hydrogens is 254 g/mol. The topological polar surface area (TPSA) is 38.3 Å². The number of carbonyl (C=O) groups excluding carboxylic acids is 1. The van der Waals surface area contributed by atoms with Crippen LogP contribution in [0.4, 0.5) is 5.69 Å². The number of rotatable bonds is 3. The number of anilines is 1. The molecule has 0 fully saturated rings. The Bertz CT molecular complexity index is 491. The molecule has 0 unspecified atom stereocenters. The molecule has 0 radical (unpaired) electrons. The van der Waals surface area contributed by atoms with E-state index in [1.165, 1.54) is 0 Å². The van der Waals surface area contributed by atoms with Gasteiger partial charge in [-0.05, 0) is 30.7 Å². The molecule has 1 N–H and O–H groups in total. The van der Waals surface area contributed by atoms with Crippen LogP contribution in [-0.4, -0.2) is 25.5 Å². The van der Waals surface area contributed by atoms with E-state index in [4.69, 9.17) is 4.74 Å². The molecule has 0 saturated heterocycles. The van der Waals surface area contributed by atoms with Gasteiger partial charge in [0.25, 0.3) is 5.91 Å². The van der Waals surface area contributed by atoms with Gasteiger partial charge in [-0.2, -0.15) is 0 Å². The molecule has 1 aromatic carbocycles. The molecule has 1 amide bonds. The lowest BCUT2D eigenvalue weighted by Gasteiger charge is -2.06. The Kier molecular flexibility index (Phi) is 3.69. The van der Waals surface area contributed by atoms with E-state index in [1.807, 2.05) is 30.7 Å². The van der Waals surface area contributed by atoms with Crippen molar-refractivity contribution in [3.63, 3.8) is 0 Å². The lowest BCUT2D eigenvalue weighted by molar-refractivity contribution is -0.110. The zero-order valence-corrected chi connectivity index (χ0v) is 11.5. The van der Waals surface area contributed by atoms with Crippen LogP contribution in [0, 0.1) is 0 Å². The number of hydrogen-bond acceptors (Lipinski definition) is 4. The number of nitrogens with one attached hydrogen (secondary N) is 1. The van der Waals surface area contributed by atoms with Crippen LogP contribution >= 0.6 is 23.5 Å². The maximum absolute atomic E-state index is 12.0. The van der Waals surface area contributed by atoms with Crippen molar-refractivity contribution in [2.75, 3.05) is 24.9 Å². The summed E-state index contributed by atoms with van der Waals surface area (Å²) in [6.45, 7) is 0. The van der Waals surface area contributed by atoms with Crippen LogP contribution in [0.25, 0.3) is 5.57 Å². The van der Waals surface area contributed by atoms with E-state index in [0.717, 1.165) is 26.8 Å². The van der Waals surface area contributed by atoms with E-state index >= 15 is 0 Å². The molecular formula is C12H13NO2S2. The lowest BCUT2D eigenvalue weighted by Crippen LogP contribution is -2.04. The molecule has 3 nitrogen and oxygen atoms in total. The van der Waals surface area contributed by atoms with Gasteiger partial charge in [-0.3, -0.25) is 4.79 Å². The summed E-state index contributed by atoms with van der Waals surface area (Å²) in [5, 5.41) is 2.87. The van der Waals surface area contributed by atoms with Crippen LogP contribution in [0.1, 0.15) is 5.56 Å². The van der Waals surface area contributed by atoms with Crippen molar-refractivity contribution < 1.29 is 9.53 Å². The largest absolute Gasteiger partial charge is 0.497 e. The quantitative estimate of drug-likeness (QED) is 0.854. The molecule has 2 rings (SSSR count). The average Bonchev–Trinajstić information content (AvgIpc) is 2.67. The summed E-state index contributed by atoms with van der Waals surface area (Å²) in [7, 11) is 1.62.